The van der Waals surface area contributed by atoms with E-state index in [4.69, 9.17) is 19.9 Å². The highest BCUT2D eigenvalue weighted by Gasteiger charge is 2.18. The number of nitrogen functional groups attached to an aromatic ring is 1. The molecule has 0 saturated carbocycles. The number of nitrogens with two attached hydrogens (primary N) is 1. The maximum absolute atomic E-state index is 12.2. The maximum atomic E-state index is 12.2. The third kappa shape index (κ3) is 4.84. The molecule has 0 spiro atoms. The Bertz CT molecular complexity index is 1230. The van der Waals surface area contributed by atoms with Gasteiger partial charge in [0.25, 0.3) is 0 Å². The van der Waals surface area contributed by atoms with Gasteiger partial charge in [-0.15, -0.1) is 11.3 Å². The zero-order chi connectivity index (χ0) is 22.5. The lowest BCUT2D eigenvalue weighted by Gasteiger charge is -2.10. The lowest BCUT2D eigenvalue weighted by Crippen LogP contribution is -2.06. The Balaban J connectivity index is 1.46. The average Bonchev–Trinajstić information content (AvgIpc) is 3.23. The van der Waals surface area contributed by atoms with E-state index in [0.717, 1.165) is 27.0 Å². The van der Waals surface area contributed by atoms with Crippen LogP contribution in [0.25, 0.3) is 10.1 Å². The first kappa shape index (κ1) is 21.6. The van der Waals surface area contributed by atoms with Crippen molar-refractivity contribution in [1.29, 1.82) is 0 Å². The third-order valence-electron chi connectivity index (χ3n) is 4.92. The van der Waals surface area contributed by atoms with E-state index in [1.54, 1.807) is 6.92 Å². The summed E-state index contributed by atoms with van der Waals surface area (Å²) in [5.74, 6) is 1.36. The smallest absolute Gasteiger partial charge is 0.341 e. The third-order valence-corrected chi connectivity index (χ3v) is 5.98. The van der Waals surface area contributed by atoms with Crippen molar-refractivity contribution >= 4 is 33.2 Å². The summed E-state index contributed by atoms with van der Waals surface area (Å²) in [6.07, 6.45) is 1.46. The SMILES string of the molecule is CCOC(=O)c1cnc(N)c2c(COc3cccc(OCc4ccc(C)cc4)c3)csc12. The minimum Gasteiger partial charge on any atom is -0.489 e. The van der Waals surface area contributed by atoms with Gasteiger partial charge in [0.05, 0.1) is 16.9 Å². The predicted molar refractivity (Wildman–Crippen MR) is 126 cm³/mol. The molecule has 4 rings (SSSR count). The molecular weight excluding hydrogens is 424 g/mol. The molecule has 0 saturated heterocycles. The second kappa shape index (κ2) is 9.70. The van der Waals surface area contributed by atoms with Crippen LogP contribution in [0, 0.1) is 6.92 Å². The number of fused-ring (bicyclic) bond motifs is 1. The summed E-state index contributed by atoms with van der Waals surface area (Å²) in [6.45, 7) is 4.90. The number of aryl methyl sites for hydroxylation is 1. The number of carbonyl (C=O) groups excluding carboxylic acids is 1. The van der Waals surface area contributed by atoms with Crippen LogP contribution in [0.3, 0.4) is 0 Å². The highest BCUT2D eigenvalue weighted by molar-refractivity contribution is 7.17. The summed E-state index contributed by atoms with van der Waals surface area (Å²) < 4.78 is 17.8. The zero-order valence-electron chi connectivity index (χ0n) is 18.0. The highest BCUT2D eigenvalue weighted by atomic mass is 32.1. The summed E-state index contributed by atoms with van der Waals surface area (Å²) in [5.41, 5.74) is 9.71. The summed E-state index contributed by atoms with van der Waals surface area (Å²) in [7, 11) is 0. The number of thiophene rings is 1. The fraction of sp³-hybridized carbons (Fsp3) is 0.200. The van der Waals surface area contributed by atoms with Gasteiger partial charge in [-0.3, -0.25) is 0 Å². The summed E-state index contributed by atoms with van der Waals surface area (Å²) in [4.78, 5) is 16.4. The van der Waals surface area contributed by atoms with Gasteiger partial charge in [-0.1, -0.05) is 35.9 Å². The fourth-order valence-electron chi connectivity index (χ4n) is 3.26. The topological polar surface area (TPSA) is 83.7 Å². The van der Waals surface area contributed by atoms with Gasteiger partial charge in [0.15, 0.2) is 0 Å². The quantitative estimate of drug-likeness (QED) is 0.357. The van der Waals surface area contributed by atoms with Crippen molar-refractivity contribution in [3.63, 3.8) is 0 Å². The molecule has 2 heterocycles. The van der Waals surface area contributed by atoms with Gasteiger partial charge in [-0.2, -0.15) is 0 Å². The Hall–Kier alpha value is -3.58. The average molecular weight is 449 g/mol. The highest BCUT2D eigenvalue weighted by Crippen LogP contribution is 2.33. The van der Waals surface area contributed by atoms with E-state index in [2.05, 4.69) is 36.2 Å². The lowest BCUT2D eigenvalue weighted by atomic mass is 10.1. The number of hydrogen-bond donors (Lipinski definition) is 1. The summed E-state index contributed by atoms with van der Waals surface area (Å²) in [5, 5.41) is 2.66. The van der Waals surface area contributed by atoms with E-state index in [1.165, 1.54) is 23.1 Å². The number of rotatable bonds is 8. The number of pyridine rings is 1. The number of hydrogen-bond acceptors (Lipinski definition) is 7. The van der Waals surface area contributed by atoms with E-state index in [-0.39, 0.29) is 0 Å². The van der Waals surface area contributed by atoms with Gasteiger partial charge < -0.3 is 19.9 Å². The molecule has 0 bridgehead atoms. The molecule has 7 heteroatoms. The zero-order valence-corrected chi connectivity index (χ0v) is 18.8. The van der Waals surface area contributed by atoms with Crippen LogP contribution in [0.1, 0.15) is 34.0 Å². The Morgan fingerprint density at radius 1 is 1.06 bits per heavy atom. The molecule has 6 nitrogen and oxygen atoms in total. The van der Waals surface area contributed by atoms with Crippen LogP contribution in [0.5, 0.6) is 11.5 Å². The molecule has 0 aliphatic heterocycles. The molecule has 0 radical (unpaired) electrons. The standard InChI is InChI=1S/C25H24N2O4S/c1-3-29-25(28)21-12-27-24(26)22-18(15-32-23(21)22)14-31-20-6-4-5-19(11-20)30-13-17-9-7-16(2)8-10-17/h4-12,15H,3,13-14H2,1-2H3,(H2,26,27). The largest absolute Gasteiger partial charge is 0.489 e. The first-order valence-electron chi connectivity index (χ1n) is 10.3. The van der Waals surface area contributed by atoms with Crippen LogP contribution in [-0.2, 0) is 18.0 Å². The van der Waals surface area contributed by atoms with E-state index >= 15 is 0 Å². The number of ether oxygens (including phenoxy) is 3. The Kier molecular flexibility index (Phi) is 6.56. The van der Waals surface area contributed by atoms with E-state index in [1.807, 2.05) is 29.6 Å². The minimum absolute atomic E-state index is 0.291. The number of esters is 1. The van der Waals surface area contributed by atoms with Gasteiger partial charge in [0, 0.05) is 23.2 Å². The Morgan fingerprint density at radius 3 is 2.50 bits per heavy atom. The van der Waals surface area contributed by atoms with Gasteiger partial charge >= 0.3 is 5.97 Å². The van der Waals surface area contributed by atoms with Crippen molar-refractivity contribution in [1.82, 2.24) is 4.98 Å². The van der Waals surface area contributed by atoms with Crippen molar-refractivity contribution in [3.8, 4) is 11.5 Å². The Morgan fingerprint density at radius 2 is 1.78 bits per heavy atom. The van der Waals surface area contributed by atoms with Crippen LogP contribution in [0.2, 0.25) is 0 Å². The van der Waals surface area contributed by atoms with Gasteiger partial charge in [-0.05, 0) is 36.9 Å². The van der Waals surface area contributed by atoms with Gasteiger partial charge in [0.1, 0.15) is 30.5 Å². The number of anilines is 1. The summed E-state index contributed by atoms with van der Waals surface area (Å²) >= 11 is 1.43. The minimum atomic E-state index is -0.405. The second-order valence-corrected chi connectivity index (χ2v) is 8.16. The van der Waals surface area contributed by atoms with Gasteiger partial charge in [0.2, 0.25) is 0 Å². The number of benzene rings is 2. The molecule has 2 aromatic heterocycles. The summed E-state index contributed by atoms with van der Waals surface area (Å²) in [6, 6.07) is 15.8. The molecule has 32 heavy (non-hydrogen) atoms. The van der Waals surface area contributed by atoms with E-state index < -0.39 is 5.97 Å². The van der Waals surface area contributed by atoms with Crippen molar-refractivity contribution in [3.05, 3.63) is 82.4 Å². The number of nitrogens with zero attached hydrogens (tertiary/aromatic N) is 1. The maximum Gasteiger partial charge on any atom is 0.341 e. The first-order valence-corrected chi connectivity index (χ1v) is 11.2. The lowest BCUT2D eigenvalue weighted by molar-refractivity contribution is 0.0528. The first-order chi connectivity index (χ1) is 15.5. The molecule has 0 amide bonds. The molecule has 0 atom stereocenters. The molecule has 0 unspecified atom stereocenters. The van der Waals surface area contributed by atoms with Crippen LogP contribution in [-0.4, -0.2) is 17.6 Å². The van der Waals surface area contributed by atoms with E-state index in [0.29, 0.717) is 37.0 Å². The monoisotopic (exact) mass is 448 g/mol. The molecule has 0 aliphatic carbocycles. The van der Waals surface area contributed by atoms with Crippen LogP contribution in [0.15, 0.2) is 60.1 Å². The van der Waals surface area contributed by atoms with Gasteiger partial charge in [-0.25, -0.2) is 9.78 Å². The molecule has 0 fully saturated rings. The fourth-order valence-corrected chi connectivity index (χ4v) is 4.32. The van der Waals surface area contributed by atoms with E-state index in [9.17, 15) is 4.79 Å². The van der Waals surface area contributed by atoms with Crippen molar-refractivity contribution in [2.75, 3.05) is 12.3 Å². The normalized spacial score (nSPS) is 10.8. The van der Waals surface area contributed by atoms with Crippen molar-refractivity contribution in [2.45, 2.75) is 27.1 Å². The number of aromatic nitrogens is 1. The molecule has 2 aromatic carbocycles. The molecule has 164 valence electrons. The van der Waals surface area contributed by atoms with Crippen molar-refractivity contribution in [2.24, 2.45) is 0 Å². The molecular formula is C25H24N2O4S. The predicted octanol–water partition coefficient (Wildman–Crippen LogP) is 5.52. The van der Waals surface area contributed by atoms with Crippen LogP contribution >= 0.6 is 11.3 Å². The molecule has 4 aromatic rings. The number of carbonyl (C=O) groups is 1. The second-order valence-electron chi connectivity index (χ2n) is 7.28. The Labute approximate surface area is 190 Å². The van der Waals surface area contributed by atoms with Crippen LogP contribution < -0.4 is 15.2 Å². The molecule has 2 N–H and O–H groups in total. The molecule has 0 aliphatic rings. The van der Waals surface area contributed by atoms with Crippen molar-refractivity contribution < 1.29 is 19.0 Å². The van der Waals surface area contributed by atoms with Crippen LogP contribution in [0.4, 0.5) is 5.82 Å².